The van der Waals surface area contributed by atoms with Gasteiger partial charge in [0.2, 0.25) is 0 Å². The van der Waals surface area contributed by atoms with Gasteiger partial charge in [-0.3, -0.25) is 0 Å². The van der Waals surface area contributed by atoms with Gasteiger partial charge in [-0.2, -0.15) is 5.10 Å². The van der Waals surface area contributed by atoms with E-state index in [1.807, 2.05) is 16.8 Å². The van der Waals surface area contributed by atoms with Crippen LogP contribution in [-0.4, -0.2) is 9.78 Å². The number of hydrogen-bond acceptors (Lipinski definition) is 2. The lowest BCUT2D eigenvalue weighted by Gasteiger charge is -2.08. The molecule has 2 rings (SSSR count). The summed E-state index contributed by atoms with van der Waals surface area (Å²) in [4.78, 5) is 0. The number of benzene rings is 1. The second kappa shape index (κ2) is 4.17. The molecule has 2 aromatic rings. The average Bonchev–Trinajstić information content (AvgIpc) is 2.65. The maximum atomic E-state index is 5.78. The summed E-state index contributed by atoms with van der Waals surface area (Å²) in [6.45, 7) is 2.91. The number of hydrogen-bond donors (Lipinski definition) is 1. The lowest BCUT2D eigenvalue weighted by molar-refractivity contribution is 0.692. The first-order chi connectivity index (χ1) is 7.31. The van der Waals surface area contributed by atoms with E-state index >= 15 is 0 Å². The van der Waals surface area contributed by atoms with Gasteiger partial charge in [0, 0.05) is 0 Å². The van der Waals surface area contributed by atoms with Gasteiger partial charge in [0.1, 0.15) is 5.82 Å². The quantitative estimate of drug-likeness (QED) is 0.826. The third-order valence-electron chi connectivity index (χ3n) is 2.57. The molecule has 1 heterocycles. The van der Waals surface area contributed by atoms with Crippen LogP contribution in [0.1, 0.15) is 18.1 Å². The molecule has 0 aliphatic rings. The number of aromatic nitrogens is 2. The van der Waals surface area contributed by atoms with Gasteiger partial charge in [-0.1, -0.05) is 31.2 Å². The van der Waals surface area contributed by atoms with Crippen LogP contribution in [0.25, 0.3) is 0 Å². The monoisotopic (exact) mass is 201 g/mol. The van der Waals surface area contributed by atoms with Crippen molar-refractivity contribution in [3.63, 3.8) is 0 Å². The number of anilines is 1. The van der Waals surface area contributed by atoms with Crippen LogP contribution in [0.15, 0.2) is 36.5 Å². The zero-order chi connectivity index (χ0) is 10.7. The van der Waals surface area contributed by atoms with E-state index in [1.54, 1.807) is 6.20 Å². The van der Waals surface area contributed by atoms with Gasteiger partial charge < -0.3 is 5.73 Å². The molecule has 0 aliphatic heterocycles. The van der Waals surface area contributed by atoms with Crippen LogP contribution in [0.5, 0.6) is 0 Å². The van der Waals surface area contributed by atoms with Crippen molar-refractivity contribution in [3.05, 3.63) is 47.7 Å². The lowest BCUT2D eigenvalue weighted by Crippen LogP contribution is -2.07. The van der Waals surface area contributed by atoms with Crippen molar-refractivity contribution in [2.75, 3.05) is 5.73 Å². The summed E-state index contributed by atoms with van der Waals surface area (Å²) >= 11 is 0. The highest BCUT2D eigenvalue weighted by Crippen LogP contribution is 2.12. The summed E-state index contributed by atoms with van der Waals surface area (Å²) in [5, 5.41) is 4.18. The first kappa shape index (κ1) is 9.77. The Morgan fingerprint density at radius 1 is 1.20 bits per heavy atom. The van der Waals surface area contributed by atoms with Gasteiger partial charge >= 0.3 is 0 Å². The van der Waals surface area contributed by atoms with Crippen molar-refractivity contribution < 1.29 is 0 Å². The molecule has 0 atom stereocenters. The van der Waals surface area contributed by atoms with Crippen LogP contribution in [0.4, 0.5) is 5.82 Å². The Balaban J connectivity index is 2.28. The number of aryl methyl sites for hydroxylation is 1. The summed E-state index contributed by atoms with van der Waals surface area (Å²) in [5.74, 6) is 0.709. The highest BCUT2D eigenvalue weighted by atomic mass is 15.3. The molecule has 15 heavy (non-hydrogen) atoms. The predicted octanol–water partition coefficient (Wildman–Crippen LogP) is 2.08. The Hall–Kier alpha value is -1.77. The van der Waals surface area contributed by atoms with Gasteiger partial charge in [0.15, 0.2) is 0 Å². The molecule has 0 radical (unpaired) electrons. The molecule has 2 N–H and O–H groups in total. The Kier molecular flexibility index (Phi) is 2.72. The molecule has 78 valence electrons. The first-order valence-corrected chi connectivity index (χ1v) is 5.15. The van der Waals surface area contributed by atoms with Crippen LogP contribution in [0.3, 0.4) is 0 Å². The number of nitrogens with zero attached hydrogens (tertiary/aromatic N) is 2. The van der Waals surface area contributed by atoms with E-state index in [2.05, 4.69) is 30.2 Å². The maximum absolute atomic E-state index is 5.78. The largest absolute Gasteiger partial charge is 0.384 e. The van der Waals surface area contributed by atoms with Crippen molar-refractivity contribution in [2.45, 2.75) is 19.9 Å². The van der Waals surface area contributed by atoms with Crippen molar-refractivity contribution in [1.82, 2.24) is 9.78 Å². The number of nitrogen functional groups attached to an aromatic ring is 1. The second-order valence-corrected chi connectivity index (χ2v) is 3.54. The van der Waals surface area contributed by atoms with E-state index in [1.165, 1.54) is 11.1 Å². The van der Waals surface area contributed by atoms with Crippen molar-refractivity contribution in [1.29, 1.82) is 0 Å². The molecule has 0 saturated carbocycles. The Morgan fingerprint density at radius 3 is 2.53 bits per heavy atom. The molecule has 0 aliphatic carbocycles. The van der Waals surface area contributed by atoms with Crippen molar-refractivity contribution in [2.24, 2.45) is 0 Å². The molecule has 0 fully saturated rings. The van der Waals surface area contributed by atoms with E-state index in [9.17, 15) is 0 Å². The highest BCUT2D eigenvalue weighted by molar-refractivity contribution is 5.31. The molecule has 3 heteroatoms. The minimum atomic E-state index is 0.709. The van der Waals surface area contributed by atoms with E-state index in [0.717, 1.165) is 13.0 Å². The van der Waals surface area contributed by atoms with Crippen LogP contribution in [0.2, 0.25) is 0 Å². The van der Waals surface area contributed by atoms with E-state index < -0.39 is 0 Å². The maximum Gasteiger partial charge on any atom is 0.122 e. The SMILES string of the molecule is CCc1ccccc1Cn1nccc1N. The van der Waals surface area contributed by atoms with Crippen molar-refractivity contribution >= 4 is 5.82 Å². The minimum Gasteiger partial charge on any atom is -0.384 e. The van der Waals surface area contributed by atoms with Gasteiger partial charge in [-0.05, 0) is 23.6 Å². The zero-order valence-electron chi connectivity index (χ0n) is 8.85. The third kappa shape index (κ3) is 2.01. The Bertz CT molecular complexity index is 446. The van der Waals surface area contributed by atoms with E-state index in [0.29, 0.717) is 5.82 Å². The lowest BCUT2D eigenvalue weighted by atomic mass is 10.1. The molecule has 0 unspecified atom stereocenters. The molecule has 3 nitrogen and oxygen atoms in total. The minimum absolute atomic E-state index is 0.709. The van der Waals surface area contributed by atoms with E-state index in [-0.39, 0.29) is 0 Å². The fraction of sp³-hybridized carbons (Fsp3) is 0.250. The molecule has 0 bridgehead atoms. The summed E-state index contributed by atoms with van der Waals surface area (Å²) in [5.41, 5.74) is 8.42. The van der Waals surface area contributed by atoms with Gasteiger partial charge in [-0.25, -0.2) is 4.68 Å². The standard InChI is InChI=1S/C12H15N3/c1-2-10-5-3-4-6-11(10)9-15-12(13)7-8-14-15/h3-8H,2,9,13H2,1H3. The fourth-order valence-electron chi connectivity index (χ4n) is 1.69. The van der Waals surface area contributed by atoms with Crippen LogP contribution >= 0.6 is 0 Å². The normalized spacial score (nSPS) is 10.5. The van der Waals surface area contributed by atoms with Gasteiger partial charge in [0.25, 0.3) is 0 Å². The molecule has 0 saturated heterocycles. The summed E-state index contributed by atoms with van der Waals surface area (Å²) < 4.78 is 1.81. The molecule has 1 aromatic heterocycles. The van der Waals surface area contributed by atoms with Gasteiger partial charge in [0.05, 0.1) is 12.7 Å². The average molecular weight is 201 g/mol. The molecule has 1 aromatic carbocycles. The molecular formula is C12H15N3. The Labute approximate surface area is 89.5 Å². The number of rotatable bonds is 3. The van der Waals surface area contributed by atoms with E-state index in [4.69, 9.17) is 5.73 Å². The summed E-state index contributed by atoms with van der Waals surface area (Å²) in [7, 11) is 0. The molecule has 0 spiro atoms. The molecule has 0 amide bonds. The van der Waals surface area contributed by atoms with Crippen LogP contribution < -0.4 is 5.73 Å². The summed E-state index contributed by atoms with van der Waals surface area (Å²) in [6.07, 6.45) is 2.77. The predicted molar refractivity (Wildman–Crippen MR) is 61.6 cm³/mol. The third-order valence-corrected chi connectivity index (χ3v) is 2.57. The van der Waals surface area contributed by atoms with Crippen LogP contribution in [-0.2, 0) is 13.0 Å². The fourth-order valence-corrected chi connectivity index (χ4v) is 1.69. The highest BCUT2D eigenvalue weighted by Gasteiger charge is 2.03. The van der Waals surface area contributed by atoms with Crippen molar-refractivity contribution in [3.8, 4) is 0 Å². The topological polar surface area (TPSA) is 43.8 Å². The number of nitrogens with two attached hydrogens (primary N) is 1. The van der Waals surface area contributed by atoms with Gasteiger partial charge in [-0.15, -0.1) is 0 Å². The second-order valence-electron chi connectivity index (χ2n) is 3.54. The smallest absolute Gasteiger partial charge is 0.122 e. The van der Waals surface area contributed by atoms with Crippen LogP contribution in [0, 0.1) is 0 Å². The first-order valence-electron chi connectivity index (χ1n) is 5.15. The zero-order valence-corrected chi connectivity index (χ0v) is 8.85. The molecular weight excluding hydrogens is 186 g/mol. The summed E-state index contributed by atoms with van der Waals surface area (Å²) in [6, 6.07) is 10.2. The Morgan fingerprint density at radius 2 is 1.93 bits per heavy atom.